The molecule has 0 radical (unpaired) electrons. The molecule has 0 amide bonds. The number of rotatable bonds is 2. The SMILES string of the molecule is Cc1cc(C)c(C(=O)F)c(C)c1.Fc1cc(F)c(S(F)(F)(F)(F)F)c(F)c1. The Morgan fingerprint density at radius 1 is 0.778 bits per heavy atom. The van der Waals surface area contributed by atoms with E-state index in [1.807, 2.05) is 6.92 Å². The molecule has 2 rings (SSSR count). The van der Waals surface area contributed by atoms with Gasteiger partial charge in [0.05, 0.1) is 5.56 Å². The highest BCUT2D eigenvalue weighted by Gasteiger charge is 2.68. The third-order valence-electron chi connectivity index (χ3n) is 3.22. The molecular weight excluding hydrogens is 411 g/mol. The molecule has 0 fully saturated rings. The van der Waals surface area contributed by atoms with Gasteiger partial charge in [-0.1, -0.05) is 37.1 Å². The van der Waals surface area contributed by atoms with Crippen LogP contribution in [0.2, 0.25) is 0 Å². The summed E-state index contributed by atoms with van der Waals surface area (Å²) in [6.45, 7) is 5.41. The fraction of sp³-hybridized carbons (Fsp3) is 0.188. The first-order chi connectivity index (χ1) is 11.8. The molecule has 2 aromatic carbocycles. The van der Waals surface area contributed by atoms with Crippen LogP contribution in [-0.2, 0) is 0 Å². The van der Waals surface area contributed by atoms with Crippen LogP contribution in [0.5, 0.6) is 0 Å². The van der Waals surface area contributed by atoms with Crippen molar-refractivity contribution < 1.29 is 41.8 Å². The molecule has 0 aliphatic heterocycles. The number of carbonyl (C=O) groups excluding carboxylic acids is 1. The third kappa shape index (κ3) is 5.91. The van der Waals surface area contributed by atoms with Crippen molar-refractivity contribution in [2.45, 2.75) is 25.7 Å². The zero-order chi connectivity index (χ0) is 21.4. The number of halogens is 9. The minimum Gasteiger partial charge on any atom is -0.255 e. The Labute approximate surface area is 148 Å². The van der Waals surface area contributed by atoms with Crippen molar-refractivity contribution >= 4 is 16.3 Å². The summed E-state index contributed by atoms with van der Waals surface area (Å²) in [5, 5.41) is 0. The molecule has 0 aromatic heterocycles. The predicted octanol–water partition coefficient (Wildman–Crippen LogP) is 7.48. The number of hydrogen-bond donors (Lipinski definition) is 0. The molecule has 0 heterocycles. The van der Waals surface area contributed by atoms with Gasteiger partial charge >= 0.3 is 16.3 Å². The maximum Gasteiger partial charge on any atom is 0.332 e. The van der Waals surface area contributed by atoms with Crippen molar-refractivity contribution in [2.75, 3.05) is 0 Å². The van der Waals surface area contributed by atoms with Gasteiger partial charge in [-0.05, 0) is 31.9 Å². The zero-order valence-electron chi connectivity index (χ0n) is 14.0. The Bertz CT molecular complexity index is 859. The molecule has 0 saturated heterocycles. The van der Waals surface area contributed by atoms with Gasteiger partial charge in [0.25, 0.3) is 0 Å². The highest BCUT2D eigenvalue weighted by Crippen LogP contribution is 3.02. The van der Waals surface area contributed by atoms with Crippen molar-refractivity contribution in [3.63, 3.8) is 0 Å². The van der Waals surface area contributed by atoms with Gasteiger partial charge in [0.2, 0.25) is 0 Å². The van der Waals surface area contributed by atoms with Gasteiger partial charge in [-0.15, -0.1) is 0 Å². The first-order valence-electron chi connectivity index (χ1n) is 7.00. The van der Waals surface area contributed by atoms with Gasteiger partial charge in [0, 0.05) is 12.1 Å². The summed E-state index contributed by atoms with van der Waals surface area (Å²) in [5.41, 5.74) is 2.68. The normalized spacial score (nSPS) is 13.9. The maximum absolute atomic E-state index is 12.4. The lowest BCUT2D eigenvalue weighted by Crippen LogP contribution is -2.11. The molecule has 0 atom stereocenters. The molecule has 0 N–H and O–H groups in total. The van der Waals surface area contributed by atoms with Gasteiger partial charge in [0.1, 0.15) is 5.82 Å². The summed E-state index contributed by atoms with van der Waals surface area (Å²) < 4.78 is 110. The predicted molar refractivity (Wildman–Crippen MR) is 83.8 cm³/mol. The van der Waals surface area contributed by atoms with E-state index < -0.39 is 50.7 Å². The second-order valence-electron chi connectivity index (χ2n) is 5.71. The Morgan fingerprint density at radius 2 is 1.15 bits per heavy atom. The maximum atomic E-state index is 12.4. The summed E-state index contributed by atoms with van der Waals surface area (Å²) >= 11 is 0. The molecule has 27 heavy (non-hydrogen) atoms. The minimum absolute atomic E-state index is 0.209. The number of benzene rings is 2. The molecule has 0 spiro atoms. The van der Waals surface area contributed by atoms with Crippen LogP contribution >= 0.6 is 10.2 Å². The van der Waals surface area contributed by atoms with E-state index in [1.165, 1.54) is 0 Å². The van der Waals surface area contributed by atoms with E-state index in [1.54, 1.807) is 26.0 Å². The smallest absolute Gasteiger partial charge is 0.255 e. The molecule has 0 aliphatic carbocycles. The molecule has 152 valence electrons. The van der Waals surface area contributed by atoms with Crippen molar-refractivity contribution in [1.82, 2.24) is 0 Å². The van der Waals surface area contributed by atoms with Gasteiger partial charge in [-0.25, -0.2) is 13.2 Å². The lowest BCUT2D eigenvalue weighted by atomic mass is 10.0. The Balaban J connectivity index is 0.000000277. The summed E-state index contributed by atoms with van der Waals surface area (Å²) in [4.78, 5) is 7.21. The standard InChI is InChI=1S/C10H11FO.C6H2F8S/c1-6-4-7(2)9(10(11)12)8(3)5-6;7-3-1-4(8)6(5(9)2-3)15(10,11,12,13)14/h4-5H,1-3H3;1-2H. The Hall–Kier alpha value is -2.17. The van der Waals surface area contributed by atoms with E-state index >= 15 is 0 Å². The van der Waals surface area contributed by atoms with Gasteiger partial charge < -0.3 is 0 Å². The fourth-order valence-electron chi connectivity index (χ4n) is 2.39. The van der Waals surface area contributed by atoms with Gasteiger partial charge in [-0.3, -0.25) is 4.79 Å². The van der Waals surface area contributed by atoms with Crippen LogP contribution in [0.3, 0.4) is 0 Å². The quantitative estimate of drug-likeness (QED) is 0.361. The van der Waals surface area contributed by atoms with Crippen LogP contribution in [-0.4, -0.2) is 6.04 Å². The monoisotopic (exact) mass is 424 g/mol. The summed E-state index contributed by atoms with van der Waals surface area (Å²) in [6, 6.07) is 1.34. The van der Waals surface area contributed by atoms with Crippen LogP contribution in [0.1, 0.15) is 27.0 Å². The Morgan fingerprint density at radius 3 is 1.44 bits per heavy atom. The number of hydrogen-bond acceptors (Lipinski definition) is 1. The second kappa shape index (κ2) is 6.47. The molecule has 0 saturated carbocycles. The first-order valence-corrected chi connectivity index (χ1v) is 8.95. The number of carbonyl (C=O) groups is 1. The number of aryl methyl sites for hydroxylation is 3. The zero-order valence-corrected chi connectivity index (χ0v) is 14.8. The van der Waals surface area contributed by atoms with Crippen LogP contribution in [0.15, 0.2) is 29.2 Å². The second-order valence-corrected chi connectivity index (χ2v) is 8.06. The van der Waals surface area contributed by atoms with Crippen LogP contribution in [0, 0.1) is 38.2 Å². The van der Waals surface area contributed by atoms with E-state index in [0.29, 0.717) is 11.1 Å². The molecule has 11 heteroatoms. The molecule has 0 aliphatic rings. The Kier molecular flexibility index (Phi) is 5.48. The highest BCUT2D eigenvalue weighted by molar-refractivity contribution is 8.45. The van der Waals surface area contributed by atoms with E-state index in [4.69, 9.17) is 0 Å². The molecular formula is C16H13F9OS. The lowest BCUT2D eigenvalue weighted by Gasteiger charge is -2.40. The molecule has 0 unspecified atom stereocenters. The van der Waals surface area contributed by atoms with E-state index in [-0.39, 0.29) is 5.56 Å². The fourth-order valence-corrected chi connectivity index (χ4v) is 3.24. The van der Waals surface area contributed by atoms with Crippen molar-refractivity contribution in [3.05, 3.63) is 64.0 Å². The van der Waals surface area contributed by atoms with Crippen LogP contribution in [0.25, 0.3) is 0 Å². The van der Waals surface area contributed by atoms with Crippen molar-refractivity contribution in [2.24, 2.45) is 0 Å². The van der Waals surface area contributed by atoms with Crippen molar-refractivity contribution in [3.8, 4) is 0 Å². The van der Waals surface area contributed by atoms with Crippen LogP contribution in [0.4, 0.5) is 37.0 Å². The molecule has 1 nitrogen and oxygen atoms in total. The largest absolute Gasteiger partial charge is 0.332 e. The van der Waals surface area contributed by atoms with E-state index in [9.17, 15) is 41.8 Å². The van der Waals surface area contributed by atoms with Crippen LogP contribution < -0.4 is 0 Å². The lowest BCUT2D eigenvalue weighted by molar-refractivity contribution is 0.0834. The highest BCUT2D eigenvalue weighted by atomic mass is 32.5. The minimum atomic E-state index is -10.5. The first kappa shape index (κ1) is 22.9. The molecule has 0 bridgehead atoms. The summed E-state index contributed by atoms with van der Waals surface area (Å²) in [5.74, 6) is -7.06. The van der Waals surface area contributed by atoms with Crippen molar-refractivity contribution in [1.29, 1.82) is 0 Å². The average molecular weight is 424 g/mol. The molecule has 2 aromatic rings. The summed E-state index contributed by atoms with van der Waals surface area (Å²) in [6.07, 6.45) is 0. The van der Waals surface area contributed by atoms with Gasteiger partial charge in [-0.2, -0.15) is 4.39 Å². The van der Waals surface area contributed by atoms with Gasteiger partial charge in [0.15, 0.2) is 16.5 Å². The third-order valence-corrected chi connectivity index (χ3v) is 4.38. The van der Waals surface area contributed by atoms with E-state index in [0.717, 1.165) is 5.56 Å². The summed E-state index contributed by atoms with van der Waals surface area (Å²) in [7, 11) is -10.5. The topological polar surface area (TPSA) is 17.1 Å². The average Bonchev–Trinajstić information content (AvgIpc) is 2.31. The van der Waals surface area contributed by atoms with E-state index in [2.05, 4.69) is 0 Å².